The first-order valence-electron chi connectivity index (χ1n) is 10.8. The summed E-state index contributed by atoms with van der Waals surface area (Å²) in [7, 11) is 3.39. The third-order valence-corrected chi connectivity index (χ3v) is 6.63. The zero-order valence-corrected chi connectivity index (χ0v) is 20.5. The van der Waals surface area contributed by atoms with Crippen LogP contribution in [0.25, 0.3) is 32.1 Å². The third-order valence-electron chi connectivity index (χ3n) is 5.72. The van der Waals surface area contributed by atoms with Crippen LogP contribution in [0.5, 0.6) is 5.75 Å². The summed E-state index contributed by atoms with van der Waals surface area (Å²) in [6.45, 7) is 7.53. The van der Waals surface area contributed by atoms with Crippen LogP contribution in [-0.2, 0) is 4.74 Å². The summed E-state index contributed by atoms with van der Waals surface area (Å²) in [6, 6.07) is 13.6. The van der Waals surface area contributed by atoms with Crippen molar-refractivity contribution in [1.82, 2.24) is 9.88 Å². The topological polar surface area (TPSA) is 71.6 Å². The molecule has 2 aromatic carbocycles. The molecule has 4 aromatic rings. The molecule has 2 heterocycles. The molecule has 1 N–H and O–H groups in total. The van der Waals surface area contributed by atoms with Crippen LogP contribution in [0.2, 0.25) is 0 Å². The van der Waals surface area contributed by atoms with Gasteiger partial charge in [0.05, 0.1) is 13.2 Å². The Balaban J connectivity index is 1.77. The van der Waals surface area contributed by atoms with E-state index in [9.17, 15) is 9.59 Å². The molecule has 0 spiro atoms. The number of carbonyl (C=O) groups is 1. The highest BCUT2D eigenvalue weighted by atomic mass is 32.1. The van der Waals surface area contributed by atoms with Crippen LogP contribution < -0.4 is 10.3 Å². The maximum atomic E-state index is 12.5. The van der Waals surface area contributed by atoms with Crippen LogP contribution in [-0.4, -0.2) is 35.7 Å². The fourth-order valence-corrected chi connectivity index (χ4v) is 4.72. The lowest BCUT2D eigenvalue weighted by Gasteiger charge is -2.29. The second kappa shape index (κ2) is 8.56. The number of H-pyrrole nitrogens is 1. The lowest BCUT2D eigenvalue weighted by atomic mass is 9.95. The third kappa shape index (κ3) is 4.33. The molecule has 6 nitrogen and oxygen atoms in total. The molecule has 1 atom stereocenters. The van der Waals surface area contributed by atoms with Gasteiger partial charge < -0.3 is 19.4 Å². The minimum Gasteiger partial charge on any atom is -0.496 e. The highest BCUT2D eigenvalue weighted by Gasteiger charge is 2.24. The molecule has 7 heteroatoms. The van der Waals surface area contributed by atoms with Crippen molar-refractivity contribution < 1.29 is 14.3 Å². The Bertz CT molecular complexity index is 1380. The van der Waals surface area contributed by atoms with Gasteiger partial charge in [-0.3, -0.25) is 4.79 Å². The first-order chi connectivity index (χ1) is 15.6. The van der Waals surface area contributed by atoms with E-state index in [-0.39, 0.29) is 17.7 Å². The number of methoxy groups -OCH3 is 1. The molecule has 4 rings (SSSR count). The van der Waals surface area contributed by atoms with Gasteiger partial charge in [-0.05, 0) is 62.4 Å². The number of aromatic nitrogens is 1. The molecule has 0 unspecified atom stereocenters. The Morgan fingerprint density at radius 1 is 1.09 bits per heavy atom. The Hall–Kier alpha value is -3.32. The van der Waals surface area contributed by atoms with Crippen LogP contribution in [0, 0.1) is 0 Å². The highest BCUT2D eigenvalue weighted by Crippen LogP contribution is 2.40. The van der Waals surface area contributed by atoms with E-state index in [2.05, 4.69) is 4.98 Å². The number of benzene rings is 2. The number of hydrogen-bond acceptors (Lipinski definition) is 5. The molecule has 2 aromatic heterocycles. The maximum absolute atomic E-state index is 12.5. The number of aromatic amines is 1. The first-order valence-corrected chi connectivity index (χ1v) is 11.6. The molecule has 0 saturated heterocycles. The summed E-state index contributed by atoms with van der Waals surface area (Å²) in [5.41, 5.74) is 3.01. The van der Waals surface area contributed by atoms with Crippen molar-refractivity contribution in [2.75, 3.05) is 14.2 Å². The lowest BCUT2D eigenvalue weighted by Crippen LogP contribution is -2.35. The number of pyridine rings is 1. The lowest BCUT2D eigenvalue weighted by molar-refractivity contribution is 0.0234. The second-order valence-corrected chi connectivity index (χ2v) is 9.99. The summed E-state index contributed by atoms with van der Waals surface area (Å²) >= 11 is 1.43. The van der Waals surface area contributed by atoms with E-state index in [1.165, 1.54) is 11.3 Å². The smallest absolute Gasteiger partial charge is 0.410 e. The number of amides is 1. The quantitative estimate of drug-likeness (QED) is 0.382. The number of hydrogen-bond donors (Lipinski definition) is 1. The van der Waals surface area contributed by atoms with Gasteiger partial charge in [-0.1, -0.05) is 24.3 Å². The van der Waals surface area contributed by atoms with E-state index in [1.54, 1.807) is 19.1 Å². The standard InChI is InChI=1S/C26H28N2O4S/c1-15(28(5)25(30)32-26(2,3)4)16-7-9-17(10-8-16)21-20(31-6)12-11-19-22(21)18-13-14-33-23(18)24(29)27-19/h7-15H,1-6H3,(H,27,29)/t15-/m0/s1. The average molecular weight is 465 g/mol. The average Bonchev–Trinajstić information content (AvgIpc) is 3.27. The zero-order chi connectivity index (χ0) is 23.9. The number of nitrogens with one attached hydrogen (secondary N) is 1. The monoisotopic (exact) mass is 464 g/mol. The van der Waals surface area contributed by atoms with E-state index in [4.69, 9.17) is 9.47 Å². The minimum atomic E-state index is -0.548. The number of carbonyl (C=O) groups excluding carboxylic acids is 1. The molecule has 0 aliphatic heterocycles. The van der Waals surface area contributed by atoms with E-state index in [0.29, 0.717) is 4.70 Å². The molecular weight excluding hydrogens is 436 g/mol. The van der Waals surface area contributed by atoms with Gasteiger partial charge in [0.2, 0.25) is 0 Å². The fraction of sp³-hybridized carbons (Fsp3) is 0.308. The summed E-state index contributed by atoms with van der Waals surface area (Å²) in [5, 5.41) is 3.80. The van der Waals surface area contributed by atoms with Crippen molar-refractivity contribution >= 4 is 38.4 Å². The van der Waals surface area contributed by atoms with Gasteiger partial charge in [0.1, 0.15) is 16.1 Å². The van der Waals surface area contributed by atoms with Crippen molar-refractivity contribution in [3.05, 3.63) is 63.8 Å². The first kappa shape index (κ1) is 22.9. The van der Waals surface area contributed by atoms with Gasteiger partial charge in [0.25, 0.3) is 5.56 Å². The van der Waals surface area contributed by atoms with Crippen molar-refractivity contribution in [2.45, 2.75) is 39.3 Å². The summed E-state index contributed by atoms with van der Waals surface area (Å²) in [5.74, 6) is 0.730. The summed E-state index contributed by atoms with van der Waals surface area (Å²) < 4.78 is 11.9. The normalized spacial score (nSPS) is 12.7. The highest BCUT2D eigenvalue weighted by molar-refractivity contribution is 7.17. The van der Waals surface area contributed by atoms with Crippen molar-refractivity contribution in [3.8, 4) is 16.9 Å². The van der Waals surface area contributed by atoms with E-state index >= 15 is 0 Å². The van der Waals surface area contributed by atoms with Gasteiger partial charge >= 0.3 is 6.09 Å². The van der Waals surface area contributed by atoms with Gasteiger partial charge in [0, 0.05) is 28.9 Å². The van der Waals surface area contributed by atoms with E-state index < -0.39 is 5.60 Å². The Morgan fingerprint density at radius 2 is 1.79 bits per heavy atom. The molecule has 0 radical (unpaired) electrons. The van der Waals surface area contributed by atoms with Gasteiger partial charge in [-0.15, -0.1) is 11.3 Å². The maximum Gasteiger partial charge on any atom is 0.410 e. The summed E-state index contributed by atoms with van der Waals surface area (Å²) in [4.78, 5) is 29.5. The fourth-order valence-electron chi connectivity index (χ4n) is 3.93. The molecule has 0 aliphatic carbocycles. The van der Waals surface area contributed by atoms with Crippen LogP contribution in [0.4, 0.5) is 4.79 Å². The van der Waals surface area contributed by atoms with Crippen molar-refractivity contribution in [3.63, 3.8) is 0 Å². The predicted molar refractivity (Wildman–Crippen MR) is 134 cm³/mol. The molecular formula is C26H28N2O4S. The van der Waals surface area contributed by atoms with Gasteiger partial charge in [-0.25, -0.2) is 4.79 Å². The molecule has 0 fully saturated rings. The van der Waals surface area contributed by atoms with E-state index in [1.807, 2.05) is 75.5 Å². The number of rotatable bonds is 4. The van der Waals surface area contributed by atoms with Crippen LogP contribution >= 0.6 is 11.3 Å². The SMILES string of the molecule is COc1ccc2[nH]c(=O)c3sccc3c2c1-c1ccc([C@H](C)N(C)C(=O)OC(C)(C)C)cc1. The van der Waals surface area contributed by atoms with E-state index in [0.717, 1.165) is 38.7 Å². The molecule has 0 bridgehead atoms. The Morgan fingerprint density at radius 3 is 2.42 bits per heavy atom. The largest absolute Gasteiger partial charge is 0.496 e. The molecule has 0 aliphatic rings. The number of ether oxygens (including phenoxy) is 2. The number of thiophene rings is 1. The molecule has 172 valence electrons. The zero-order valence-electron chi connectivity index (χ0n) is 19.7. The summed E-state index contributed by atoms with van der Waals surface area (Å²) in [6.07, 6.45) is -0.362. The second-order valence-electron chi connectivity index (χ2n) is 9.07. The van der Waals surface area contributed by atoms with Crippen molar-refractivity contribution in [1.29, 1.82) is 0 Å². The molecule has 0 saturated carbocycles. The molecule has 1 amide bonds. The van der Waals surface area contributed by atoms with Crippen LogP contribution in [0.3, 0.4) is 0 Å². The van der Waals surface area contributed by atoms with Gasteiger partial charge in [-0.2, -0.15) is 0 Å². The van der Waals surface area contributed by atoms with Crippen LogP contribution in [0.15, 0.2) is 52.6 Å². The van der Waals surface area contributed by atoms with Crippen molar-refractivity contribution in [2.24, 2.45) is 0 Å². The minimum absolute atomic E-state index is 0.0852. The van der Waals surface area contributed by atoms with Crippen LogP contribution in [0.1, 0.15) is 39.3 Å². The number of fused-ring (bicyclic) bond motifs is 3. The van der Waals surface area contributed by atoms with Gasteiger partial charge in [0.15, 0.2) is 0 Å². The predicted octanol–water partition coefficient (Wildman–Crippen LogP) is 6.35. The Labute approximate surface area is 196 Å². The number of nitrogens with zero attached hydrogens (tertiary/aromatic N) is 1. The Kier molecular flexibility index (Phi) is 5.93. The molecule has 33 heavy (non-hydrogen) atoms.